The van der Waals surface area contributed by atoms with E-state index >= 15 is 0 Å². The third-order valence-electron chi connectivity index (χ3n) is 6.59. The fourth-order valence-corrected chi connectivity index (χ4v) is 5.35. The van der Waals surface area contributed by atoms with Gasteiger partial charge in [0.1, 0.15) is 5.60 Å². The molecule has 0 saturated carbocycles. The number of carbonyl (C=O) groups excluding carboxylic acids is 1. The first kappa shape index (κ1) is 32.0. The Labute approximate surface area is 257 Å². The molecule has 0 saturated heterocycles. The van der Waals surface area contributed by atoms with E-state index in [-0.39, 0.29) is 5.92 Å². The third-order valence-corrected chi connectivity index (χ3v) is 7.15. The largest absolute Gasteiger partial charge is 0.444 e. The number of hydrogen-bond donors (Lipinski definition) is 2. The van der Waals surface area contributed by atoms with Crippen LogP contribution in [0.2, 0.25) is 10.0 Å². The Morgan fingerprint density at radius 1 is 1.05 bits per heavy atom. The van der Waals surface area contributed by atoms with E-state index in [1.165, 1.54) is 11.1 Å². The van der Waals surface area contributed by atoms with Gasteiger partial charge in [0.05, 0.1) is 44.0 Å². The van der Waals surface area contributed by atoms with Crippen LogP contribution in [-0.4, -0.2) is 79.9 Å². The first-order valence-electron chi connectivity index (χ1n) is 14.0. The Bertz CT molecular complexity index is 1350. The van der Waals surface area contributed by atoms with Gasteiger partial charge in [-0.2, -0.15) is 10.2 Å². The van der Waals surface area contributed by atoms with E-state index in [0.29, 0.717) is 49.6 Å². The van der Waals surface area contributed by atoms with Gasteiger partial charge in [-0.15, -0.1) is 0 Å². The summed E-state index contributed by atoms with van der Waals surface area (Å²) in [6, 6.07) is 14.2. The molecule has 1 aliphatic rings. The number of alkyl carbamates (subject to hydrolysis) is 1. The van der Waals surface area contributed by atoms with Crippen LogP contribution in [-0.2, 0) is 20.8 Å². The summed E-state index contributed by atoms with van der Waals surface area (Å²) >= 11 is 12.9. The zero-order valence-corrected chi connectivity index (χ0v) is 26.1. The van der Waals surface area contributed by atoms with Gasteiger partial charge >= 0.3 is 6.09 Å². The van der Waals surface area contributed by atoms with Crippen LogP contribution in [0.1, 0.15) is 43.4 Å². The van der Waals surface area contributed by atoms with Crippen molar-refractivity contribution in [2.75, 3.05) is 58.4 Å². The zero-order valence-electron chi connectivity index (χ0n) is 24.6. The molecule has 2 N–H and O–H groups in total. The summed E-state index contributed by atoms with van der Waals surface area (Å²) < 4.78 is 16.3. The molecule has 1 aromatic heterocycles. The van der Waals surface area contributed by atoms with Crippen LogP contribution in [0, 0.1) is 0 Å². The van der Waals surface area contributed by atoms with Crippen molar-refractivity contribution in [3.05, 3.63) is 75.4 Å². The smallest absolute Gasteiger partial charge is 0.407 e. The molecule has 4 rings (SSSR count). The second-order valence-corrected chi connectivity index (χ2v) is 12.1. The number of benzene rings is 2. The molecule has 0 aliphatic carbocycles. The number of nitrogens with zero attached hydrogens (tertiary/aromatic N) is 3. The third kappa shape index (κ3) is 9.54. The van der Waals surface area contributed by atoms with Gasteiger partial charge in [0.2, 0.25) is 0 Å². The molecule has 226 valence electrons. The lowest BCUT2D eigenvalue weighted by Gasteiger charge is -2.33. The normalized spacial score (nSPS) is 15.2. The van der Waals surface area contributed by atoms with Gasteiger partial charge in [0.15, 0.2) is 0 Å². The maximum atomic E-state index is 11.6. The Hall–Kier alpha value is -2.95. The van der Waals surface area contributed by atoms with Gasteiger partial charge in [-0.05, 0) is 68.8 Å². The summed E-state index contributed by atoms with van der Waals surface area (Å²) in [6.45, 7) is 9.91. The Kier molecular flexibility index (Phi) is 11.4. The minimum absolute atomic E-state index is 0.145. The van der Waals surface area contributed by atoms with Crippen molar-refractivity contribution >= 4 is 35.0 Å². The summed E-state index contributed by atoms with van der Waals surface area (Å²) in [5.41, 5.74) is 5.59. The van der Waals surface area contributed by atoms with Crippen molar-refractivity contribution in [1.82, 2.24) is 20.4 Å². The summed E-state index contributed by atoms with van der Waals surface area (Å²) in [6.07, 6.45) is 1.25. The topological polar surface area (TPSA) is 97.8 Å². The number of ether oxygens (including phenoxy) is 3. The fraction of sp³-hybridized carbons (Fsp3) is 0.452. The number of aromatic nitrogens is 2. The highest BCUT2D eigenvalue weighted by atomic mass is 35.5. The molecular weight excluding hydrogens is 577 g/mol. The molecule has 0 fully saturated rings. The first-order chi connectivity index (χ1) is 20.1. The second kappa shape index (κ2) is 15.0. The predicted octanol–water partition coefficient (Wildman–Crippen LogP) is 6.00. The molecule has 0 bridgehead atoms. The standard InChI is InChI=1S/C31H39Cl2N5O4/c1-31(2,3)42-30(39)35-9-11-41-13-12-40-10-8-34-24-17-29(37-36-18-24)22-7-5-6-21(14-22)26-19-38(4)20-27-25(26)15-23(32)16-28(27)33/h5-7,14-18,26H,8-13,19-20H2,1-4H3,(H,34,37)(H,35,39)/t26-/m0/s1. The van der Waals surface area contributed by atoms with E-state index in [1.54, 1.807) is 6.20 Å². The maximum Gasteiger partial charge on any atom is 0.407 e. The molecular formula is C31H39Cl2N5O4. The molecule has 1 aliphatic heterocycles. The van der Waals surface area contributed by atoms with E-state index in [2.05, 4.69) is 51.0 Å². The van der Waals surface area contributed by atoms with E-state index in [9.17, 15) is 4.79 Å². The lowest BCUT2D eigenvalue weighted by Crippen LogP contribution is -2.34. The number of likely N-dealkylation sites (N-methyl/N-ethyl adjacent to an activating group) is 1. The molecule has 1 amide bonds. The summed E-state index contributed by atoms with van der Waals surface area (Å²) in [7, 11) is 2.11. The van der Waals surface area contributed by atoms with Crippen molar-refractivity contribution in [3.8, 4) is 11.3 Å². The molecule has 0 unspecified atom stereocenters. The van der Waals surface area contributed by atoms with Crippen LogP contribution in [0.5, 0.6) is 0 Å². The molecule has 1 atom stereocenters. The number of rotatable bonds is 12. The van der Waals surface area contributed by atoms with Crippen LogP contribution in [0.3, 0.4) is 0 Å². The van der Waals surface area contributed by atoms with E-state index in [4.69, 9.17) is 37.4 Å². The average Bonchev–Trinajstić information content (AvgIpc) is 2.93. The monoisotopic (exact) mass is 615 g/mol. The highest BCUT2D eigenvalue weighted by Crippen LogP contribution is 2.39. The van der Waals surface area contributed by atoms with Crippen LogP contribution in [0.4, 0.5) is 10.5 Å². The highest BCUT2D eigenvalue weighted by molar-refractivity contribution is 6.35. The van der Waals surface area contributed by atoms with Crippen molar-refractivity contribution in [2.24, 2.45) is 0 Å². The number of carbonyl (C=O) groups is 1. The molecule has 42 heavy (non-hydrogen) atoms. The van der Waals surface area contributed by atoms with Gasteiger partial charge in [-0.25, -0.2) is 4.79 Å². The Morgan fingerprint density at radius 3 is 2.57 bits per heavy atom. The van der Waals surface area contributed by atoms with E-state index in [0.717, 1.165) is 35.6 Å². The molecule has 9 nitrogen and oxygen atoms in total. The lowest BCUT2D eigenvalue weighted by atomic mass is 9.84. The van der Waals surface area contributed by atoms with Crippen molar-refractivity contribution in [1.29, 1.82) is 0 Å². The predicted molar refractivity (Wildman–Crippen MR) is 166 cm³/mol. The number of anilines is 1. The lowest BCUT2D eigenvalue weighted by molar-refractivity contribution is 0.0415. The van der Waals surface area contributed by atoms with Crippen molar-refractivity contribution in [2.45, 2.75) is 38.8 Å². The Morgan fingerprint density at radius 2 is 1.81 bits per heavy atom. The van der Waals surface area contributed by atoms with Crippen molar-refractivity contribution in [3.63, 3.8) is 0 Å². The van der Waals surface area contributed by atoms with E-state index in [1.807, 2.05) is 45.0 Å². The molecule has 2 aromatic carbocycles. The molecule has 3 aromatic rings. The minimum atomic E-state index is -0.517. The number of halogens is 2. The van der Waals surface area contributed by atoms with Crippen LogP contribution >= 0.6 is 23.2 Å². The maximum absolute atomic E-state index is 11.6. The summed E-state index contributed by atoms with van der Waals surface area (Å²) in [4.78, 5) is 13.9. The Balaban J connectivity index is 1.24. The molecule has 0 radical (unpaired) electrons. The number of fused-ring (bicyclic) bond motifs is 1. The van der Waals surface area contributed by atoms with Gasteiger partial charge in [0, 0.05) is 47.7 Å². The van der Waals surface area contributed by atoms with Gasteiger partial charge < -0.3 is 29.7 Å². The quantitative estimate of drug-likeness (QED) is 0.240. The van der Waals surface area contributed by atoms with Gasteiger partial charge in [0.25, 0.3) is 0 Å². The number of hydrogen-bond acceptors (Lipinski definition) is 8. The van der Waals surface area contributed by atoms with E-state index < -0.39 is 11.7 Å². The highest BCUT2D eigenvalue weighted by Gasteiger charge is 2.27. The molecule has 11 heteroatoms. The zero-order chi connectivity index (χ0) is 30.1. The van der Waals surface area contributed by atoms with Gasteiger partial charge in [-0.3, -0.25) is 0 Å². The minimum Gasteiger partial charge on any atom is -0.444 e. The second-order valence-electron chi connectivity index (χ2n) is 11.2. The SMILES string of the molecule is CN1Cc2c(Cl)cc(Cl)cc2[C@H](c2cccc(-c3cc(NCCOCCOCCNC(=O)OC(C)(C)C)cnn3)c2)C1. The van der Waals surface area contributed by atoms with Crippen LogP contribution < -0.4 is 10.6 Å². The fourth-order valence-electron chi connectivity index (χ4n) is 4.78. The summed E-state index contributed by atoms with van der Waals surface area (Å²) in [5, 5.41) is 15.9. The summed E-state index contributed by atoms with van der Waals surface area (Å²) in [5.74, 6) is 0.145. The van der Waals surface area contributed by atoms with Gasteiger partial charge in [-0.1, -0.05) is 41.4 Å². The average molecular weight is 617 g/mol. The van der Waals surface area contributed by atoms with Crippen LogP contribution in [0.25, 0.3) is 11.3 Å². The molecule has 2 heterocycles. The van der Waals surface area contributed by atoms with Crippen molar-refractivity contribution < 1.29 is 19.0 Å². The first-order valence-corrected chi connectivity index (χ1v) is 14.8. The number of nitrogens with one attached hydrogen (secondary N) is 2. The molecule has 0 spiro atoms. The number of amides is 1. The van der Waals surface area contributed by atoms with Crippen LogP contribution in [0.15, 0.2) is 48.7 Å².